The van der Waals surface area contributed by atoms with Crippen molar-refractivity contribution in [3.8, 4) is 0 Å². The molecule has 3 amide bonds. The van der Waals surface area contributed by atoms with Crippen LogP contribution in [0.15, 0.2) is 48.5 Å². The third kappa shape index (κ3) is 2.71. The van der Waals surface area contributed by atoms with Gasteiger partial charge in [0.15, 0.2) is 0 Å². The number of likely N-dealkylation sites (tertiary alicyclic amines) is 1. The van der Waals surface area contributed by atoms with Crippen LogP contribution in [-0.2, 0) is 26.3 Å². The summed E-state index contributed by atoms with van der Waals surface area (Å²) in [5.74, 6) is -2.22. The van der Waals surface area contributed by atoms with Crippen LogP contribution in [0.5, 0.6) is 0 Å². The van der Waals surface area contributed by atoms with Gasteiger partial charge < -0.3 is 5.32 Å². The molecule has 7 heteroatoms. The third-order valence-electron chi connectivity index (χ3n) is 7.06. The van der Waals surface area contributed by atoms with Crippen LogP contribution in [0.1, 0.15) is 31.4 Å². The normalized spacial score (nSPS) is 30.0. The molecule has 160 valence electrons. The molecule has 2 saturated heterocycles. The summed E-state index contributed by atoms with van der Waals surface area (Å²) >= 11 is 6.37. The molecule has 3 aliphatic rings. The number of hydrogen-bond donors (Lipinski definition) is 2. The molecule has 2 N–H and O–H groups in total. The second-order valence-corrected chi connectivity index (χ2v) is 9.08. The van der Waals surface area contributed by atoms with Crippen LogP contribution in [0.4, 0.5) is 5.69 Å². The monoisotopic (exact) mass is 437 g/mol. The van der Waals surface area contributed by atoms with Gasteiger partial charge in [-0.25, -0.2) is 0 Å². The Morgan fingerprint density at radius 2 is 1.81 bits per heavy atom. The number of imide groups is 1. The summed E-state index contributed by atoms with van der Waals surface area (Å²) in [6, 6.07) is 14.6. The lowest BCUT2D eigenvalue weighted by molar-refractivity contribution is -0.145. The fourth-order valence-corrected chi connectivity index (χ4v) is 5.70. The minimum absolute atomic E-state index is 0.196. The van der Waals surface area contributed by atoms with Gasteiger partial charge in [-0.1, -0.05) is 61.0 Å². The highest BCUT2D eigenvalue weighted by Crippen LogP contribution is 2.54. The lowest BCUT2D eigenvalue weighted by atomic mass is 9.76. The molecule has 0 unspecified atom stereocenters. The summed E-state index contributed by atoms with van der Waals surface area (Å²) in [6.07, 6.45) is 1.20. The van der Waals surface area contributed by atoms with Crippen molar-refractivity contribution < 1.29 is 14.4 Å². The van der Waals surface area contributed by atoms with Gasteiger partial charge in [0.25, 0.3) is 0 Å². The molecule has 5 rings (SSSR count). The Balaban J connectivity index is 1.66. The molecular weight excluding hydrogens is 414 g/mol. The summed E-state index contributed by atoms with van der Waals surface area (Å²) in [6.45, 7) is 3.83. The summed E-state index contributed by atoms with van der Waals surface area (Å²) in [7, 11) is 0. The van der Waals surface area contributed by atoms with E-state index in [1.165, 1.54) is 4.90 Å². The molecule has 2 aromatic rings. The quantitative estimate of drug-likeness (QED) is 0.720. The third-order valence-corrected chi connectivity index (χ3v) is 7.38. The fraction of sp³-hybridized carbons (Fsp3) is 0.375. The van der Waals surface area contributed by atoms with Crippen molar-refractivity contribution in [2.75, 3.05) is 5.32 Å². The minimum atomic E-state index is -1.31. The Kier molecular flexibility index (Phi) is 4.68. The number of anilines is 1. The zero-order valence-corrected chi connectivity index (χ0v) is 18.1. The Bertz CT molecular complexity index is 1090. The van der Waals surface area contributed by atoms with Crippen molar-refractivity contribution in [2.24, 2.45) is 11.8 Å². The molecule has 2 fully saturated rings. The first-order valence-electron chi connectivity index (χ1n) is 10.7. The lowest BCUT2D eigenvalue weighted by Crippen LogP contribution is -2.54. The van der Waals surface area contributed by atoms with Crippen LogP contribution in [0, 0.1) is 11.8 Å². The van der Waals surface area contributed by atoms with Crippen molar-refractivity contribution in [2.45, 2.75) is 44.3 Å². The number of rotatable bonds is 4. The zero-order valence-electron chi connectivity index (χ0n) is 17.4. The van der Waals surface area contributed by atoms with Crippen molar-refractivity contribution in [1.29, 1.82) is 0 Å². The first-order chi connectivity index (χ1) is 14.9. The molecular formula is C24H24ClN3O3. The summed E-state index contributed by atoms with van der Waals surface area (Å²) in [5.41, 5.74) is 0.896. The van der Waals surface area contributed by atoms with Gasteiger partial charge in [-0.05, 0) is 31.4 Å². The minimum Gasteiger partial charge on any atom is -0.323 e. The van der Waals surface area contributed by atoms with E-state index in [2.05, 4.69) is 10.6 Å². The number of fused-ring (bicyclic) bond motifs is 4. The van der Waals surface area contributed by atoms with Gasteiger partial charge in [0.1, 0.15) is 5.54 Å². The molecule has 3 aliphatic heterocycles. The Morgan fingerprint density at radius 3 is 2.52 bits per heavy atom. The van der Waals surface area contributed by atoms with E-state index < -0.39 is 17.4 Å². The van der Waals surface area contributed by atoms with E-state index in [0.717, 1.165) is 5.56 Å². The largest absolute Gasteiger partial charge is 0.323 e. The lowest BCUT2D eigenvalue weighted by Gasteiger charge is -2.31. The van der Waals surface area contributed by atoms with Gasteiger partial charge in [-0.2, -0.15) is 0 Å². The van der Waals surface area contributed by atoms with Crippen LogP contribution in [-0.4, -0.2) is 34.7 Å². The molecule has 0 saturated carbocycles. The van der Waals surface area contributed by atoms with Crippen LogP contribution in [0.3, 0.4) is 0 Å². The van der Waals surface area contributed by atoms with E-state index in [1.807, 2.05) is 50.2 Å². The van der Waals surface area contributed by atoms with Gasteiger partial charge in [0.05, 0.1) is 22.5 Å². The number of para-hydroxylation sites is 1. The van der Waals surface area contributed by atoms with Gasteiger partial charge in [-0.3, -0.25) is 24.6 Å². The second-order valence-electron chi connectivity index (χ2n) is 8.67. The van der Waals surface area contributed by atoms with E-state index >= 15 is 0 Å². The number of nitrogens with one attached hydrogen (secondary N) is 2. The average molecular weight is 438 g/mol. The van der Waals surface area contributed by atoms with Gasteiger partial charge in [0, 0.05) is 17.6 Å². The number of amides is 3. The van der Waals surface area contributed by atoms with E-state index in [0.29, 0.717) is 29.1 Å². The average Bonchev–Trinajstić information content (AvgIpc) is 3.34. The number of hydrogen-bond acceptors (Lipinski definition) is 4. The van der Waals surface area contributed by atoms with Crippen LogP contribution in [0.2, 0.25) is 5.02 Å². The van der Waals surface area contributed by atoms with Crippen LogP contribution < -0.4 is 10.6 Å². The van der Waals surface area contributed by atoms with E-state index in [1.54, 1.807) is 12.1 Å². The van der Waals surface area contributed by atoms with Crippen molar-refractivity contribution >= 4 is 35.0 Å². The highest BCUT2D eigenvalue weighted by atomic mass is 35.5. The number of benzene rings is 2. The molecule has 3 heterocycles. The Labute approximate surface area is 185 Å². The molecule has 1 spiro atoms. The summed E-state index contributed by atoms with van der Waals surface area (Å²) < 4.78 is 0. The first-order valence-corrected chi connectivity index (χ1v) is 11.1. The molecule has 0 radical (unpaired) electrons. The predicted molar refractivity (Wildman–Crippen MR) is 117 cm³/mol. The number of nitrogens with zero attached hydrogens (tertiary/aromatic N) is 1. The Hall–Kier alpha value is -2.70. The SMILES string of the molecule is CC[C@H](C)N1C(=O)[C@@H]2[C@H](Cc3ccccc3)N[C@]3(C(=O)Nc4c(Cl)cccc43)[C@@H]2C1=O. The molecule has 0 aromatic heterocycles. The van der Waals surface area contributed by atoms with E-state index in [9.17, 15) is 14.4 Å². The molecule has 0 aliphatic carbocycles. The summed E-state index contributed by atoms with van der Waals surface area (Å²) in [5, 5.41) is 6.74. The zero-order chi connectivity index (χ0) is 21.9. The molecule has 2 aromatic carbocycles. The topological polar surface area (TPSA) is 78.5 Å². The maximum absolute atomic E-state index is 13.6. The van der Waals surface area contributed by atoms with Gasteiger partial charge >= 0.3 is 0 Å². The van der Waals surface area contributed by atoms with Crippen molar-refractivity contribution in [1.82, 2.24) is 10.2 Å². The molecule has 31 heavy (non-hydrogen) atoms. The van der Waals surface area contributed by atoms with Crippen LogP contribution in [0.25, 0.3) is 0 Å². The van der Waals surface area contributed by atoms with Gasteiger partial charge in [0.2, 0.25) is 17.7 Å². The van der Waals surface area contributed by atoms with Gasteiger partial charge in [-0.15, -0.1) is 0 Å². The Morgan fingerprint density at radius 1 is 1.06 bits per heavy atom. The highest BCUT2D eigenvalue weighted by Gasteiger charge is 2.70. The summed E-state index contributed by atoms with van der Waals surface area (Å²) in [4.78, 5) is 42.0. The van der Waals surface area contributed by atoms with Crippen molar-refractivity contribution in [3.05, 3.63) is 64.7 Å². The number of halogens is 1. The maximum Gasteiger partial charge on any atom is 0.250 e. The maximum atomic E-state index is 13.6. The van der Waals surface area contributed by atoms with Crippen molar-refractivity contribution in [3.63, 3.8) is 0 Å². The van der Waals surface area contributed by atoms with E-state index in [-0.39, 0.29) is 29.8 Å². The molecule has 5 atom stereocenters. The smallest absolute Gasteiger partial charge is 0.250 e. The molecule has 6 nitrogen and oxygen atoms in total. The highest BCUT2D eigenvalue weighted by molar-refractivity contribution is 6.35. The second kappa shape index (κ2) is 7.18. The number of carbonyl (C=O) groups is 3. The standard InChI is InChI=1S/C24H24ClN3O3/c1-3-13(2)28-21(29)18-17(12-14-8-5-4-6-9-14)27-24(19(18)22(28)30)15-10-7-11-16(25)20(15)26-23(24)31/h4-11,13,17-19,27H,3,12H2,1-2H3,(H,26,31)/t13-,17-,18+,19-,24-/m0/s1. The van der Waals surface area contributed by atoms with E-state index in [4.69, 9.17) is 11.6 Å². The first kappa shape index (κ1) is 20.2. The fourth-order valence-electron chi connectivity index (χ4n) is 5.48. The number of carbonyl (C=O) groups excluding carboxylic acids is 3. The molecule has 0 bridgehead atoms. The van der Waals surface area contributed by atoms with Crippen LogP contribution >= 0.6 is 11.6 Å². The predicted octanol–water partition coefficient (Wildman–Crippen LogP) is 3.10.